The Bertz CT molecular complexity index is 1430. The summed E-state index contributed by atoms with van der Waals surface area (Å²) in [6, 6.07) is -0.689. The third-order valence-electron chi connectivity index (χ3n) is 13.7. The summed E-state index contributed by atoms with van der Waals surface area (Å²) in [6.45, 7) is 5.68. The van der Waals surface area contributed by atoms with E-state index in [0.29, 0.717) is 51.3 Å². The zero-order valence-corrected chi connectivity index (χ0v) is 31.5. The first-order valence-electron chi connectivity index (χ1n) is 19.7. The van der Waals surface area contributed by atoms with E-state index in [9.17, 15) is 32.4 Å². The summed E-state index contributed by atoms with van der Waals surface area (Å²) in [5.74, 6) is -2.29. The largest absolute Gasteiger partial charge is 0.381 e. The van der Waals surface area contributed by atoms with Crippen molar-refractivity contribution in [3.63, 3.8) is 0 Å². The molecule has 3 saturated heterocycles. The molecule has 6 fully saturated rings. The number of carbonyl (C=O) groups excluding carboxylic acids is 5. The van der Waals surface area contributed by atoms with E-state index in [0.717, 1.165) is 64.2 Å². The molecule has 11 heteroatoms. The van der Waals surface area contributed by atoms with E-state index >= 15 is 0 Å². The summed E-state index contributed by atoms with van der Waals surface area (Å²) in [6.07, 6.45) is 11.9. The molecule has 6 aliphatic rings. The van der Waals surface area contributed by atoms with E-state index in [4.69, 9.17) is 4.74 Å². The van der Waals surface area contributed by atoms with Crippen LogP contribution < -0.4 is 0 Å². The highest BCUT2D eigenvalue weighted by atomic mass is 32.2. The van der Waals surface area contributed by atoms with Crippen molar-refractivity contribution in [2.24, 2.45) is 40.4 Å². The van der Waals surface area contributed by atoms with E-state index < -0.39 is 44.3 Å². The van der Waals surface area contributed by atoms with Gasteiger partial charge in [-0.2, -0.15) is 0 Å². The number of ketones is 4. The Kier molecular flexibility index (Phi) is 11.5. The number of Topliss-reactive ketones (excluding diaryl/α,β-unsaturated/α-hetero) is 4. The van der Waals surface area contributed by atoms with E-state index in [-0.39, 0.29) is 72.8 Å². The molecular formula is C39H60N2O8S. The van der Waals surface area contributed by atoms with Crippen LogP contribution in [0.5, 0.6) is 0 Å². The molecule has 3 saturated carbocycles. The van der Waals surface area contributed by atoms with Crippen molar-refractivity contribution in [2.75, 3.05) is 33.4 Å². The fourth-order valence-electron chi connectivity index (χ4n) is 10.3. The van der Waals surface area contributed by atoms with Crippen LogP contribution in [-0.4, -0.2) is 91.3 Å². The van der Waals surface area contributed by atoms with Crippen LogP contribution in [0.15, 0.2) is 0 Å². The first kappa shape index (κ1) is 37.8. The number of fused-ring (bicyclic) bond motifs is 3. The molecule has 0 aromatic rings. The maximum atomic E-state index is 14.5. The first-order valence-corrected chi connectivity index (χ1v) is 21.2. The van der Waals surface area contributed by atoms with Gasteiger partial charge in [-0.1, -0.05) is 58.8 Å². The highest BCUT2D eigenvalue weighted by Crippen LogP contribution is 2.65. The maximum Gasteiger partial charge on any atom is 0.229 e. The number of hydrogen-bond acceptors (Lipinski definition) is 8. The molecule has 0 bridgehead atoms. The Balaban J connectivity index is 1.22. The van der Waals surface area contributed by atoms with E-state index in [1.165, 1.54) is 4.31 Å². The van der Waals surface area contributed by atoms with Gasteiger partial charge in [-0.15, -0.1) is 0 Å². The first-order chi connectivity index (χ1) is 23.8. The molecule has 50 heavy (non-hydrogen) atoms. The lowest BCUT2D eigenvalue weighted by Gasteiger charge is -2.41. The minimum absolute atomic E-state index is 0.0249. The van der Waals surface area contributed by atoms with Crippen LogP contribution >= 0.6 is 0 Å². The second-order valence-corrected chi connectivity index (χ2v) is 19.7. The molecule has 10 nitrogen and oxygen atoms in total. The topological polar surface area (TPSA) is 135 Å². The molecule has 0 aromatic carbocycles. The zero-order chi connectivity index (χ0) is 35.8. The molecule has 6 atom stereocenters. The van der Waals surface area contributed by atoms with E-state index in [2.05, 4.69) is 13.8 Å². The molecule has 0 N–H and O–H groups in total. The van der Waals surface area contributed by atoms with Gasteiger partial charge in [-0.25, -0.2) is 12.7 Å². The number of piperidine rings is 1. The smallest absolute Gasteiger partial charge is 0.229 e. The molecule has 6 rings (SSSR count). The van der Waals surface area contributed by atoms with Crippen molar-refractivity contribution < 1.29 is 37.1 Å². The van der Waals surface area contributed by atoms with Gasteiger partial charge in [0.2, 0.25) is 21.7 Å². The molecule has 3 aliphatic carbocycles. The third kappa shape index (κ3) is 7.85. The van der Waals surface area contributed by atoms with Gasteiger partial charge in [0.05, 0.1) is 23.8 Å². The molecule has 0 radical (unpaired) electrons. The monoisotopic (exact) mass is 716 g/mol. The molecule has 0 unspecified atom stereocenters. The summed E-state index contributed by atoms with van der Waals surface area (Å²) >= 11 is 0. The predicted molar refractivity (Wildman–Crippen MR) is 188 cm³/mol. The lowest BCUT2D eigenvalue weighted by molar-refractivity contribution is -0.147. The van der Waals surface area contributed by atoms with Crippen molar-refractivity contribution in [3.8, 4) is 0 Å². The molecule has 1 amide bonds. The van der Waals surface area contributed by atoms with Crippen LogP contribution in [-0.2, 0) is 38.7 Å². The number of ether oxygens (including phenoxy) is 1. The summed E-state index contributed by atoms with van der Waals surface area (Å²) in [7, 11) is -1.89. The molecule has 0 spiro atoms. The summed E-state index contributed by atoms with van der Waals surface area (Å²) in [5, 5.41) is -0.588. The van der Waals surface area contributed by atoms with Crippen molar-refractivity contribution in [1.82, 2.24) is 9.21 Å². The van der Waals surface area contributed by atoms with Gasteiger partial charge < -0.3 is 9.64 Å². The van der Waals surface area contributed by atoms with Crippen molar-refractivity contribution in [2.45, 2.75) is 141 Å². The second kappa shape index (κ2) is 15.2. The van der Waals surface area contributed by atoms with Crippen molar-refractivity contribution >= 4 is 39.1 Å². The predicted octanol–water partition coefficient (Wildman–Crippen LogP) is 5.30. The number of amides is 1. The minimum Gasteiger partial charge on any atom is -0.381 e. The number of rotatable bonds is 9. The van der Waals surface area contributed by atoms with Gasteiger partial charge in [0, 0.05) is 58.3 Å². The molecular weight excluding hydrogens is 657 g/mol. The van der Waals surface area contributed by atoms with Crippen molar-refractivity contribution in [3.05, 3.63) is 0 Å². The fourth-order valence-corrected chi connectivity index (χ4v) is 12.5. The van der Waals surface area contributed by atoms with Crippen LogP contribution in [0.25, 0.3) is 0 Å². The van der Waals surface area contributed by atoms with Crippen LogP contribution in [0.2, 0.25) is 0 Å². The third-order valence-corrected chi connectivity index (χ3v) is 16.2. The van der Waals surface area contributed by atoms with Crippen molar-refractivity contribution in [1.29, 1.82) is 0 Å². The average Bonchev–Trinajstić information content (AvgIpc) is 3.88. The quantitative estimate of drug-likeness (QED) is 0.294. The van der Waals surface area contributed by atoms with Gasteiger partial charge in [0.25, 0.3) is 0 Å². The lowest BCUT2D eigenvalue weighted by Crippen LogP contribution is -2.49. The Morgan fingerprint density at radius 3 is 2.24 bits per heavy atom. The Labute approximate surface area is 299 Å². The molecule has 3 aliphatic heterocycles. The zero-order valence-electron chi connectivity index (χ0n) is 30.7. The SMILES string of the molecule is CN1CC[C@@H](C2(CC(=O)C[C@H]3COCCCCCCC[C@@H](C(=O)C(=O)CC4CC4)CC(=O)[C@@H]4[C@@H]5[C@H](CN4C3=O)C5(C)C)CCCCC2)S1(=O)=O. The van der Waals surface area contributed by atoms with Crippen LogP contribution in [0, 0.1) is 40.4 Å². The molecule has 0 aromatic heterocycles. The Hall–Kier alpha value is -1.98. The maximum absolute atomic E-state index is 14.5. The van der Waals surface area contributed by atoms with E-state index in [1.54, 1.807) is 11.9 Å². The fraction of sp³-hybridized carbons (Fsp3) is 0.872. The minimum atomic E-state index is -3.50. The average molecular weight is 717 g/mol. The van der Waals surface area contributed by atoms with Gasteiger partial charge >= 0.3 is 0 Å². The van der Waals surface area contributed by atoms with Gasteiger partial charge in [-0.3, -0.25) is 24.0 Å². The Morgan fingerprint density at radius 1 is 0.880 bits per heavy atom. The number of hydrogen-bond donors (Lipinski definition) is 0. The number of carbonyl (C=O) groups is 5. The highest BCUT2D eigenvalue weighted by Gasteiger charge is 2.69. The standard InChI is InChI=1S/C39H60N2O8S/c1-38(2)30-24-41-35(34(30)38)31(43)22-27(36(45)32(44)20-26-13-14-26)12-8-5-4-6-11-19-49-25-28(37(41)46)21-29(42)23-39(16-9-7-10-17-39)33-15-18-40(3)50(33,47)48/h26-28,30,33-35H,4-25H2,1-3H3/t27-,28+,30+,33+,34+,35-/m1/s1. The van der Waals surface area contributed by atoms with Gasteiger partial charge in [0.15, 0.2) is 11.6 Å². The number of sulfonamides is 1. The van der Waals surface area contributed by atoms with Crippen LogP contribution in [0.4, 0.5) is 0 Å². The summed E-state index contributed by atoms with van der Waals surface area (Å²) < 4.78 is 34.3. The molecule has 3 heterocycles. The van der Waals surface area contributed by atoms with Gasteiger partial charge in [0.1, 0.15) is 5.78 Å². The number of nitrogens with zero attached hydrogens (tertiary/aromatic N) is 2. The highest BCUT2D eigenvalue weighted by molar-refractivity contribution is 7.90. The van der Waals surface area contributed by atoms with E-state index in [1.807, 2.05) is 0 Å². The lowest BCUT2D eigenvalue weighted by atomic mass is 9.67. The molecule has 280 valence electrons. The van der Waals surface area contributed by atoms with Gasteiger partial charge in [-0.05, 0) is 73.5 Å². The van der Waals surface area contributed by atoms with Crippen LogP contribution in [0.3, 0.4) is 0 Å². The second-order valence-electron chi connectivity index (χ2n) is 17.5. The summed E-state index contributed by atoms with van der Waals surface area (Å²) in [4.78, 5) is 71.0. The Morgan fingerprint density at radius 2 is 1.56 bits per heavy atom. The summed E-state index contributed by atoms with van der Waals surface area (Å²) in [5.41, 5.74) is -0.744. The normalized spacial score (nSPS) is 34.9. The van der Waals surface area contributed by atoms with Crippen LogP contribution in [0.1, 0.15) is 129 Å².